The van der Waals surface area contributed by atoms with Crippen molar-refractivity contribution in [1.82, 2.24) is 0 Å². The molecule has 0 saturated carbocycles. The maximum absolute atomic E-state index is 12.4. The number of anilines is 1. The summed E-state index contributed by atoms with van der Waals surface area (Å²) >= 11 is 0. The van der Waals surface area contributed by atoms with Gasteiger partial charge in [-0.05, 0) is 66.0 Å². The first kappa shape index (κ1) is 29.8. The number of phenols is 1. The summed E-state index contributed by atoms with van der Waals surface area (Å²) in [7, 11) is -13.1. The monoisotopic (exact) mass is 619 g/mol. The van der Waals surface area contributed by atoms with Crippen molar-refractivity contribution in [2.75, 3.05) is 11.1 Å². The van der Waals surface area contributed by atoms with E-state index >= 15 is 0 Å². The molecule has 0 radical (unpaired) electrons. The quantitative estimate of drug-likeness (QED) is 0.154. The molecule has 13 nitrogen and oxygen atoms in total. The zero-order valence-electron chi connectivity index (χ0n) is 20.7. The summed E-state index contributed by atoms with van der Waals surface area (Å²) in [5, 5.41) is 21.0. The predicted molar refractivity (Wildman–Crippen MR) is 148 cm³/mol. The van der Waals surface area contributed by atoms with Crippen LogP contribution in [0.25, 0.3) is 10.8 Å². The Kier molecular flexibility index (Phi) is 8.23. The van der Waals surface area contributed by atoms with Crippen molar-refractivity contribution in [3.05, 3.63) is 78.9 Å². The molecule has 0 fully saturated rings. The third-order valence-corrected chi connectivity index (χ3v) is 9.18. The molecule has 0 spiro atoms. The zero-order chi connectivity index (χ0) is 30.0. The van der Waals surface area contributed by atoms with Crippen molar-refractivity contribution in [2.45, 2.75) is 21.1 Å². The number of hydrogen-bond acceptors (Lipinski definition) is 10. The Hall–Kier alpha value is -4.22. The number of carbonyl (C=O) groups is 1. The third kappa shape index (κ3) is 7.11. The lowest BCUT2D eigenvalue weighted by Crippen LogP contribution is -2.17. The van der Waals surface area contributed by atoms with Crippen molar-refractivity contribution in [2.24, 2.45) is 10.2 Å². The van der Waals surface area contributed by atoms with Gasteiger partial charge in [-0.25, -0.2) is 8.42 Å². The standard InChI is InChI=1S/C25H21N3O10S3/c29-23(12-13-39(31,32)19-4-2-1-3-5-19)26-18-8-11-21-16(14-18)15-22(41(36,37)38)24(25(21)30)28-27-17-6-9-20(10-7-17)40(33,34)35/h1-11,14-15,30H,12-13H2,(H,26,29)(H,33,34,35)(H,36,37,38). The fraction of sp³-hybridized carbons (Fsp3) is 0.0800. The second-order valence-electron chi connectivity index (χ2n) is 8.58. The Morgan fingerprint density at radius 3 is 2.02 bits per heavy atom. The van der Waals surface area contributed by atoms with Gasteiger partial charge in [0.25, 0.3) is 20.2 Å². The number of carbonyl (C=O) groups excluding carboxylic acids is 1. The molecule has 41 heavy (non-hydrogen) atoms. The molecule has 4 aromatic rings. The van der Waals surface area contributed by atoms with Gasteiger partial charge in [0, 0.05) is 17.5 Å². The molecular formula is C25H21N3O10S3. The van der Waals surface area contributed by atoms with E-state index in [1.165, 1.54) is 30.3 Å². The van der Waals surface area contributed by atoms with E-state index in [2.05, 4.69) is 15.5 Å². The van der Waals surface area contributed by atoms with Crippen LogP contribution in [-0.4, -0.2) is 51.1 Å². The highest BCUT2D eigenvalue weighted by molar-refractivity contribution is 7.91. The van der Waals surface area contributed by atoms with E-state index in [4.69, 9.17) is 4.55 Å². The van der Waals surface area contributed by atoms with Crippen molar-refractivity contribution in [3.8, 4) is 5.75 Å². The summed E-state index contributed by atoms with van der Waals surface area (Å²) in [6.45, 7) is 0. The van der Waals surface area contributed by atoms with E-state index in [1.54, 1.807) is 18.2 Å². The van der Waals surface area contributed by atoms with Crippen molar-refractivity contribution < 1.29 is 44.3 Å². The van der Waals surface area contributed by atoms with Gasteiger partial charge in [0.05, 0.1) is 21.2 Å². The van der Waals surface area contributed by atoms with Crippen LogP contribution in [0.2, 0.25) is 0 Å². The number of benzene rings is 4. The lowest BCUT2D eigenvalue weighted by Gasteiger charge is -2.11. The van der Waals surface area contributed by atoms with Crippen LogP contribution < -0.4 is 5.32 Å². The summed E-state index contributed by atoms with van der Waals surface area (Å²) in [4.78, 5) is 11.3. The Bertz CT molecular complexity index is 1990. The molecule has 214 valence electrons. The molecule has 4 aromatic carbocycles. The minimum atomic E-state index is -4.95. The number of nitrogens with one attached hydrogen (secondary N) is 1. The first-order valence-electron chi connectivity index (χ1n) is 11.5. The van der Waals surface area contributed by atoms with E-state index in [-0.39, 0.29) is 33.5 Å². The molecule has 0 aliphatic rings. The Morgan fingerprint density at radius 1 is 0.756 bits per heavy atom. The molecule has 0 aliphatic heterocycles. The van der Waals surface area contributed by atoms with Gasteiger partial charge < -0.3 is 10.4 Å². The van der Waals surface area contributed by atoms with E-state index in [1.807, 2.05) is 0 Å². The number of nitrogens with zero attached hydrogens (tertiary/aromatic N) is 2. The first-order valence-corrected chi connectivity index (χ1v) is 16.0. The average Bonchev–Trinajstić information content (AvgIpc) is 2.91. The highest BCUT2D eigenvalue weighted by Crippen LogP contribution is 2.42. The van der Waals surface area contributed by atoms with Gasteiger partial charge in [-0.3, -0.25) is 13.9 Å². The van der Waals surface area contributed by atoms with Crippen LogP contribution >= 0.6 is 0 Å². The van der Waals surface area contributed by atoms with E-state index in [0.717, 1.165) is 30.3 Å². The molecule has 0 aliphatic carbocycles. The topological polar surface area (TPSA) is 217 Å². The number of hydrogen-bond donors (Lipinski definition) is 4. The van der Waals surface area contributed by atoms with Crippen LogP contribution in [0.15, 0.2) is 104 Å². The molecule has 0 heterocycles. The molecular weight excluding hydrogens is 598 g/mol. The van der Waals surface area contributed by atoms with Crippen LogP contribution in [-0.2, 0) is 34.9 Å². The van der Waals surface area contributed by atoms with Gasteiger partial charge in [0.2, 0.25) is 5.91 Å². The number of fused-ring (bicyclic) bond motifs is 1. The SMILES string of the molecule is O=C(CCS(=O)(=O)c1ccccc1)Nc1ccc2c(O)c(N=Nc3ccc(S(=O)(=O)O)cc3)c(S(=O)(=O)O)cc2c1. The highest BCUT2D eigenvalue weighted by Gasteiger charge is 2.23. The van der Waals surface area contributed by atoms with Gasteiger partial charge in [-0.1, -0.05) is 18.2 Å². The lowest BCUT2D eigenvalue weighted by molar-refractivity contribution is -0.115. The maximum Gasteiger partial charge on any atom is 0.296 e. The fourth-order valence-corrected chi connectivity index (χ4v) is 6.11. The van der Waals surface area contributed by atoms with Gasteiger partial charge in [0.15, 0.2) is 15.6 Å². The number of azo groups is 1. The first-order chi connectivity index (χ1) is 19.1. The second kappa shape index (κ2) is 11.3. The average molecular weight is 620 g/mol. The fourth-order valence-electron chi connectivity index (χ4n) is 3.71. The summed E-state index contributed by atoms with van der Waals surface area (Å²) < 4.78 is 90.2. The molecule has 16 heteroatoms. The van der Waals surface area contributed by atoms with Crippen LogP contribution in [0.4, 0.5) is 17.1 Å². The maximum atomic E-state index is 12.4. The van der Waals surface area contributed by atoms with Crippen LogP contribution in [0.1, 0.15) is 6.42 Å². The summed E-state index contributed by atoms with van der Waals surface area (Å²) in [6, 6.07) is 17.0. The van der Waals surface area contributed by atoms with Gasteiger partial charge in [-0.15, -0.1) is 5.11 Å². The largest absolute Gasteiger partial charge is 0.505 e. The second-order valence-corrected chi connectivity index (χ2v) is 13.5. The number of amides is 1. The molecule has 0 atom stereocenters. The third-order valence-electron chi connectivity index (χ3n) is 5.71. The van der Waals surface area contributed by atoms with Crippen molar-refractivity contribution >= 4 is 63.8 Å². The van der Waals surface area contributed by atoms with Gasteiger partial charge in [-0.2, -0.15) is 21.9 Å². The van der Waals surface area contributed by atoms with Crippen LogP contribution in [0.5, 0.6) is 5.75 Å². The van der Waals surface area contributed by atoms with Crippen molar-refractivity contribution in [3.63, 3.8) is 0 Å². The molecule has 4 N–H and O–H groups in total. The van der Waals surface area contributed by atoms with E-state index in [9.17, 15) is 39.7 Å². The minimum Gasteiger partial charge on any atom is -0.505 e. The Labute approximate surface area is 234 Å². The number of sulfone groups is 1. The number of phenolic OH excluding ortho intramolecular Hbond substituents is 1. The number of rotatable bonds is 9. The van der Waals surface area contributed by atoms with E-state index in [0.29, 0.717) is 0 Å². The van der Waals surface area contributed by atoms with Gasteiger partial charge >= 0.3 is 0 Å². The summed E-state index contributed by atoms with van der Waals surface area (Å²) in [5.41, 5.74) is -0.416. The molecule has 0 aromatic heterocycles. The molecule has 0 bridgehead atoms. The van der Waals surface area contributed by atoms with E-state index < -0.39 is 63.0 Å². The minimum absolute atomic E-state index is 0.0329. The predicted octanol–water partition coefficient (Wildman–Crippen LogP) is 4.26. The smallest absolute Gasteiger partial charge is 0.296 e. The normalized spacial score (nSPS) is 12.5. The van der Waals surface area contributed by atoms with Crippen LogP contribution in [0.3, 0.4) is 0 Å². The highest BCUT2D eigenvalue weighted by atomic mass is 32.2. The Balaban J connectivity index is 1.60. The lowest BCUT2D eigenvalue weighted by atomic mass is 10.1. The summed E-state index contributed by atoms with van der Waals surface area (Å²) in [6.07, 6.45) is -0.360. The molecule has 1 amide bonds. The summed E-state index contributed by atoms with van der Waals surface area (Å²) in [5.74, 6) is -1.74. The molecule has 0 saturated heterocycles. The Morgan fingerprint density at radius 2 is 1.41 bits per heavy atom. The molecule has 4 rings (SSSR count). The number of aromatic hydroxyl groups is 1. The zero-order valence-corrected chi connectivity index (χ0v) is 23.2. The van der Waals surface area contributed by atoms with Crippen molar-refractivity contribution in [1.29, 1.82) is 0 Å². The van der Waals surface area contributed by atoms with Crippen LogP contribution in [0, 0.1) is 0 Å². The van der Waals surface area contributed by atoms with Gasteiger partial charge in [0.1, 0.15) is 10.6 Å². The molecule has 0 unspecified atom stereocenters.